The normalized spacial score (nSPS) is 12.5. The Morgan fingerprint density at radius 3 is 2.31 bits per heavy atom. The van der Waals surface area contributed by atoms with Crippen molar-refractivity contribution in [1.82, 2.24) is 9.62 Å². The minimum Gasteiger partial charge on any atom is -0.368 e. The molecular weight excluding hydrogens is 397 g/mol. The Balaban J connectivity index is 1.86. The molecule has 0 aliphatic heterocycles. The van der Waals surface area contributed by atoms with Gasteiger partial charge in [-0.05, 0) is 36.2 Å². The number of sulfonamides is 1. The number of halogens is 1. The van der Waals surface area contributed by atoms with Gasteiger partial charge in [-0.2, -0.15) is 0 Å². The third kappa shape index (κ3) is 6.65. The monoisotopic (exact) mass is 421 g/mol. The van der Waals surface area contributed by atoms with Crippen LogP contribution in [0.3, 0.4) is 0 Å². The molecule has 9 heteroatoms. The second kappa shape index (κ2) is 10.1. The van der Waals surface area contributed by atoms with Crippen molar-refractivity contribution in [1.29, 1.82) is 0 Å². The molecule has 156 valence electrons. The number of hydrogen-bond acceptors (Lipinski definition) is 4. The Labute approximate surface area is 169 Å². The molecule has 0 saturated carbocycles. The molecule has 2 amide bonds. The molecule has 1 unspecified atom stereocenters. The van der Waals surface area contributed by atoms with Crippen molar-refractivity contribution >= 4 is 21.8 Å². The summed E-state index contributed by atoms with van der Waals surface area (Å²) >= 11 is 0. The summed E-state index contributed by atoms with van der Waals surface area (Å²) in [7, 11) is -2.38. The maximum atomic E-state index is 13.0. The molecule has 0 aromatic heterocycles. The molecule has 3 N–H and O–H groups in total. The Kier molecular flexibility index (Phi) is 7.86. The number of carbonyl (C=O) groups is 2. The summed E-state index contributed by atoms with van der Waals surface area (Å²) in [5.41, 5.74) is 6.24. The topological polar surface area (TPSA) is 110 Å². The number of nitrogens with two attached hydrogens (primary N) is 1. The maximum Gasteiger partial charge on any atom is 0.242 e. The van der Waals surface area contributed by atoms with E-state index in [1.165, 1.54) is 19.2 Å². The van der Waals surface area contributed by atoms with Crippen molar-refractivity contribution in [3.8, 4) is 0 Å². The highest BCUT2D eigenvalue weighted by Gasteiger charge is 2.22. The Morgan fingerprint density at radius 1 is 1.10 bits per heavy atom. The SMILES string of the molecule is CN(CCCC(=O)NC(Cc1ccccc1)C(N)=O)S(=O)(=O)c1ccc(F)cc1. The van der Waals surface area contributed by atoms with Crippen LogP contribution in [-0.2, 0) is 26.0 Å². The Morgan fingerprint density at radius 2 is 1.72 bits per heavy atom. The number of amides is 2. The van der Waals surface area contributed by atoms with Crippen LogP contribution in [-0.4, -0.2) is 44.2 Å². The summed E-state index contributed by atoms with van der Waals surface area (Å²) in [6, 6.07) is 12.8. The van der Waals surface area contributed by atoms with Gasteiger partial charge in [-0.15, -0.1) is 0 Å². The van der Waals surface area contributed by atoms with Crippen LogP contribution in [0.25, 0.3) is 0 Å². The predicted octanol–water partition coefficient (Wildman–Crippen LogP) is 1.44. The molecule has 0 heterocycles. The molecule has 2 aromatic carbocycles. The zero-order chi connectivity index (χ0) is 21.4. The lowest BCUT2D eigenvalue weighted by molar-refractivity contribution is -0.127. The molecule has 0 aliphatic rings. The summed E-state index contributed by atoms with van der Waals surface area (Å²) < 4.78 is 38.9. The standard InChI is InChI=1S/C20H24FN3O4S/c1-24(29(27,28)17-11-9-16(21)10-12-17)13-5-8-19(25)23-18(20(22)26)14-15-6-3-2-4-7-15/h2-4,6-7,9-12,18H,5,8,13-14H2,1H3,(H2,22,26)(H,23,25). The molecule has 0 bridgehead atoms. The van der Waals surface area contributed by atoms with Gasteiger partial charge in [0.2, 0.25) is 21.8 Å². The van der Waals surface area contributed by atoms with Crippen LogP contribution >= 0.6 is 0 Å². The van der Waals surface area contributed by atoms with Gasteiger partial charge in [0.1, 0.15) is 11.9 Å². The number of carbonyl (C=O) groups excluding carboxylic acids is 2. The first-order valence-electron chi connectivity index (χ1n) is 9.04. The van der Waals surface area contributed by atoms with E-state index < -0.39 is 33.7 Å². The van der Waals surface area contributed by atoms with E-state index in [1.54, 1.807) is 0 Å². The maximum absolute atomic E-state index is 13.0. The largest absolute Gasteiger partial charge is 0.368 e. The lowest BCUT2D eigenvalue weighted by Gasteiger charge is -2.18. The molecule has 29 heavy (non-hydrogen) atoms. The van der Waals surface area contributed by atoms with E-state index in [4.69, 9.17) is 5.73 Å². The van der Waals surface area contributed by atoms with E-state index in [0.717, 1.165) is 22.0 Å². The zero-order valence-electron chi connectivity index (χ0n) is 16.0. The number of primary amides is 1. The Bertz CT molecular complexity index is 934. The molecule has 7 nitrogen and oxygen atoms in total. The lowest BCUT2D eigenvalue weighted by atomic mass is 10.1. The summed E-state index contributed by atoms with van der Waals surface area (Å²) in [5.74, 6) is -1.56. The highest BCUT2D eigenvalue weighted by molar-refractivity contribution is 7.89. The quantitative estimate of drug-likeness (QED) is 0.605. The Hall–Kier alpha value is -2.78. The van der Waals surface area contributed by atoms with Crippen molar-refractivity contribution in [3.63, 3.8) is 0 Å². The van der Waals surface area contributed by atoms with Gasteiger partial charge in [0.05, 0.1) is 4.90 Å². The van der Waals surface area contributed by atoms with Crippen molar-refractivity contribution in [2.45, 2.75) is 30.2 Å². The van der Waals surface area contributed by atoms with Crippen LogP contribution in [0.15, 0.2) is 59.5 Å². The zero-order valence-corrected chi connectivity index (χ0v) is 16.9. The van der Waals surface area contributed by atoms with Gasteiger partial charge in [-0.1, -0.05) is 30.3 Å². The fraction of sp³-hybridized carbons (Fsp3) is 0.300. The van der Waals surface area contributed by atoms with Gasteiger partial charge >= 0.3 is 0 Å². The molecule has 0 saturated heterocycles. The number of benzene rings is 2. The van der Waals surface area contributed by atoms with Gasteiger partial charge in [-0.25, -0.2) is 17.1 Å². The van der Waals surface area contributed by atoms with E-state index >= 15 is 0 Å². The first-order chi connectivity index (χ1) is 13.7. The van der Waals surface area contributed by atoms with Crippen molar-refractivity contribution in [2.75, 3.05) is 13.6 Å². The molecule has 0 spiro atoms. The fourth-order valence-corrected chi connectivity index (χ4v) is 3.92. The van der Waals surface area contributed by atoms with Crippen LogP contribution in [0, 0.1) is 5.82 Å². The number of nitrogens with one attached hydrogen (secondary N) is 1. The average molecular weight is 421 g/mol. The molecule has 1 atom stereocenters. The minimum atomic E-state index is -3.77. The fourth-order valence-electron chi connectivity index (χ4n) is 2.71. The van der Waals surface area contributed by atoms with Crippen molar-refractivity contribution < 1.29 is 22.4 Å². The smallest absolute Gasteiger partial charge is 0.242 e. The van der Waals surface area contributed by atoms with Crippen molar-refractivity contribution in [2.24, 2.45) is 5.73 Å². The van der Waals surface area contributed by atoms with Gasteiger partial charge in [0.25, 0.3) is 0 Å². The average Bonchev–Trinajstić information content (AvgIpc) is 2.68. The highest BCUT2D eigenvalue weighted by Crippen LogP contribution is 2.15. The molecule has 0 radical (unpaired) electrons. The number of nitrogens with zero attached hydrogens (tertiary/aromatic N) is 1. The summed E-state index contributed by atoms with van der Waals surface area (Å²) in [6.07, 6.45) is 0.558. The van der Waals surface area contributed by atoms with E-state index in [1.807, 2.05) is 30.3 Å². The van der Waals surface area contributed by atoms with Gasteiger partial charge in [-0.3, -0.25) is 9.59 Å². The number of hydrogen-bond donors (Lipinski definition) is 2. The molecule has 0 aliphatic carbocycles. The van der Waals surface area contributed by atoms with E-state index in [9.17, 15) is 22.4 Å². The summed E-state index contributed by atoms with van der Waals surface area (Å²) in [5, 5.41) is 2.59. The molecule has 0 fully saturated rings. The molecule has 2 aromatic rings. The minimum absolute atomic E-state index is 0.0255. The molecule has 2 rings (SSSR count). The van der Waals surface area contributed by atoms with E-state index in [-0.39, 0.29) is 30.7 Å². The first kappa shape index (κ1) is 22.5. The second-order valence-corrected chi connectivity index (χ2v) is 8.64. The third-order valence-electron chi connectivity index (χ3n) is 4.36. The third-order valence-corrected chi connectivity index (χ3v) is 6.23. The highest BCUT2D eigenvalue weighted by atomic mass is 32.2. The van der Waals surface area contributed by atoms with Gasteiger partial charge in [0, 0.05) is 26.4 Å². The van der Waals surface area contributed by atoms with Crippen LogP contribution in [0.5, 0.6) is 0 Å². The van der Waals surface area contributed by atoms with Gasteiger partial charge < -0.3 is 11.1 Å². The number of rotatable bonds is 10. The predicted molar refractivity (Wildman–Crippen MR) is 107 cm³/mol. The van der Waals surface area contributed by atoms with Crippen LogP contribution in [0.2, 0.25) is 0 Å². The lowest BCUT2D eigenvalue weighted by Crippen LogP contribution is -2.46. The second-order valence-electron chi connectivity index (χ2n) is 6.60. The first-order valence-corrected chi connectivity index (χ1v) is 10.5. The summed E-state index contributed by atoms with van der Waals surface area (Å²) in [6.45, 7) is 0.0903. The van der Waals surface area contributed by atoms with E-state index in [0.29, 0.717) is 0 Å². The summed E-state index contributed by atoms with van der Waals surface area (Å²) in [4.78, 5) is 23.8. The van der Waals surface area contributed by atoms with Crippen molar-refractivity contribution in [3.05, 3.63) is 66.0 Å². The van der Waals surface area contributed by atoms with Crippen LogP contribution < -0.4 is 11.1 Å². The van der Waals surface area contributed by atoms with Gasteiger partial charge in [0.15, 0.2) is 0 Å². The van der Waals surface area contributed by atoms with Crippen LogP contribution in [0.4, 0.5) is 4.39 Å². The molecular formula is C20H24FN3O4S. The van der Waals surface area contributed by atoms with E-state index in [2.05, 4.69) is 5.32 Å². The van der Waals surface area contributed by atoms with Crippen LogP contribution in [0.1, 0.15) is 18.4 Å².